The summed E-state index contributed by atoms with van der Waals surface area (Å²) < 4.78 is 2.37. The minimum Gasteiger partial charge on any atom is -0.310 e. The van der Waals surface area contributed by atoms with Crippen LogP contribution < -0.4 is 4.90 Å². The van der Waals surface area contributed by atoms with Gasteiger partial charge in [0.1, 0.15) is 0 Å². The van der Waals surface area contributed by atoms with E-state index in [1.807, 2.05) is 0 Å². The first kappa shape index (κ1) is 33.4. The van der Waals surface area contributed by atoms with Crippen LogP contribution in [-0.4, -0.2) is 4.57 Å². The summed E-state index contributed by atoms with van der Waals surface area (Å²) in [6.07, 6.45) is 0. The van der Waals surface area contributed by atoms with Crippen LogP contribution in [0.2, 0.25) is 0 Å². The normalized spacial score (nSPS) is 11.4. The molecule has 0 amide bonds. The zero-order valence-corrected chi connectivity index (χ0v) is 31.5. The Bertz CT molecular complexity index is 3040. The fraction of sp³-hybridized carbons (Fsp3) is 0.0370. The molecule has 9 aromatic carbocycles. The number of benzene rings is 9. The molecule has 0 saturated heterocycles. The summed E-state index contributed by atoms with van der Waals surface area (Å²) in [5, 5.41) is 4.96. The molecule has 56 heavy (non-hydrogen) atoms. The van der Waals surface area contributed by atoms with E-state index in [0.29, 0.717) is 0 Å². The second-order valence-electron chi connectivity index (χ2n) is 14.7. The summed E-state index contributed by atoms with van der Waals surface area (Å²) in [5.41, 5.74) is 16.9. The summed E-state index contributed by atoms with van der Waals surface area (Å²) in [4.78, 5) is 2.40. The van der Waals surface area contributed by atoms with Gasteiger partial charge in [-0.2, -0.15) is 0 Å². The predicted molar refractivity (Wildman–Crippen MR) is 239 cm³/mol. The van der Waals surface area contributed by atoms with Crippen molar-refractivity contribution in [3.8, 4) is 39.1 Å². The van der Waals surface area contributed by atoms with Gasteiger partial charge in [-0.1, -0.05) is 140 Å². The number of aromatic nitrogens is 1. The number of anilines is 3. The highest BCUT2D eigenvalue weighted by atomic mass is 15.1. The summed E-state index contributed by atoms with van der Waals surface area (Å²) in [6, 6.07) is 75.0. The van der Waals surface area contributed by atoms with Crippen LogP contribution in [0.25, 0.3) is 71.6 Å². The minimum absolute atomic E-state index is 1.12. The molecule has 10 aromatic rings. The van der Waals surface area contributed by atoms with Crippen molar-refractivity contribution >= 4 is 49.6 Å². The maximum Gasteiger partial charge on any atom is 0.0541 e. The summed E-state index contributed by atoms with van der Waals surface area (Å²) >= 11 is 0. The molecule has 0 aliphatic heterocycles. The molecule has 2 nitrogen and oxygen atoms in total. The molecule has 0 unspecified atom stereocenters. The lowest BCUT2D eigenvalue weighted by Crippen LogP contribution is -2.11. The van der Waals surface area contributed by atoms with E-state index >= 15 is 0 Å². The van der Waals surface area contributed by atoms with E-state index < -0.39 is 0 Å². The topological polar surface area (TPSA) is 8.17 Å². The Morgan fingerprint density at radius 2 is 0.964 bits per heavy atom. The Balaban J connectivity index is 1.03. The summed E-state index contributed by atoms with van der Waals surface area (Å²) in [7, 11) is 0. The largest absolute Gasteiger partial charge is 0.310 e. The molecule has 0 aliphatic rings. The summed E-state index contributed by atoms with van der Waals surface area (Å²) in [5.74, 6) is 0. The minimum atomic E-state index is 1.12. The predicted octanol–water partition coefficient (Wildman–Crippen LogP) is 15.0. The number of fused-ring (bicyclic) bond motifs is 4. The molecule has 0 saturated carbocycles. The van der Waals surface area contributed by atoms with Gasteiger partial charge in [-0.25, -0.2) is 0 Å². The molecule has 1 aromatic heterocycles. The molecular weight excluding hydrogens is 677 g/mol. The van der Waals surface area contributed by atoms with E-state index in [1.165, 1.54) is 82.8 Å². The van der Waals surface area contributed by atoms with Crippen molar-refractivity contribution in [2.45, 2.75) is 13.8 Å². The molecule has 10 rings (SSSR count). The molecule has 0 radical (unpaired) electrons. The Morgan fingerprint density at radius 1 is 0.357 bits per heavy atom. The van der Waals surface area contributed by atoms with E-state index in [0.717, 1.165) is 17.1 Å². The average Bonchev–Trinajstić information content (AvgIpc) is 3.59. The van der Waals surface area contributed by atoms with Gasteiger partial charge < -0.3 is 9.47 Å². The van der Waals surface area contributed by atoms with Crippen LogP contribution in [0.15, 0.2) is 206 Å². The van der Waals surface area contributed by atoms with Gasteiger partial charge in [-0.3, -0.25) is 0 Å². The number of hydrogen-bond acceptors (Lipinski definition) is 1. The third kappa shape index (κ3) is 5.84. The van der Waals surface area contributed by atoms with Gasteiger partial charge in [0.05, 0.1) is 16.7 Å². The molecule has 0 spiro atoms. The van der Waals surface area contributed by atoms with Gasteiger partial charge >= 0.3 is 0 Å². The number of aryl methyl sites for hydroxylation is 2. The second kappa shape index (κ2) is 13.9. The summed E-state index contributed by atoms with van der Waals surface area (Å²) in [6.45, 7) is 4.41. The Kier molecular flexibility index (Phi) is 8.30. The molecule has 266 valence electrons. The van der Waals surface area contributed by atoms with Gasteiger partial charge in [-0.15, -0.1) is 0 Å². The van der Waals surface area contributed by atoms with E-state index in [-0.39, 0.29) is 0 Å². The van der Waals surface area contributed by atoms with E-state index in [4.69, 9.17) is 0 Å². The van der Waals surface area contributed by atoms with E-state index in [1.54, 1.807) is 0 Å². The molecule has 0 atom stereocenters. The van der Waals surface area contributed by atoms with Crippen molar-refractivity contribution in [2.24, 2.45) is 0 Å². The molecule has 2 heteroatoms. The van der Waals surface area contributed by atoms with Crippen molar-refractivity contribution in [3.05, 3.63) is 217 Å². The first-order valence-electron chi connectivity index (χ1n) is 19.3. The molecular formula is C54H40N2. The van der Waals surface area contributed by atoms with Gasteiger partial charge in [-0.05, 0) is 130 Å². The number of para-hydroxylation sites is 2. The van der Waals surface area contributed by atoms with Gasteiger partial charge in [0.2, 0.25) is 0 Å². The number of hydrogen-bond donors (Lipinski definition) is 0. The highest BCUT2D eigenvalue weighted by molar-refractivity contribution is 6.10. The first-order valence-corrected chi connectivity index (χ1v) is 19.3. The second-order valence-corrected chi connectivity index (χ2v) is 14.7. The van der Waals surface area contributed by atoms with Crippen molar-refractivity contribution < 1.29 is 0 Å². The number of nitrogens with zero attached hydrogens (tertiary/aromatic N) is 2. The molecule has 0 fully saturated rings. The van der Waals surface area contributed by atoms with Crippen molar-refractivity contribution in [2.75, 3.05) is 4.90 Å². The monoisotopic (exact) mass is 716 g/mol. The van der Waals surface area contributed by atoms with Crippen LogP contribution >= 0.6 is 0 Å². The maximum atomic E-state index is 2.40. The Morgan fingerprint density at radius 3 is 1.79 bits per heavy atom. The Labute approximate surface area is 328 Å². The third-order valence-corrected chi connectivity index (χ3v) is 11.3. The number of rotatable bonds is 7. The van der Waals surface area contributed by atoms with Crippen LogP contribution in [0.1, 0.15) is 11.1 Å². The maximum absolute atomic E-state index is 2.40. The smallest absolute Gasteiger partial charge is 0.0541 e. The van der Waals surface area contributed by atoms with Crippen molar-refractivity contribution in [3.63, 3.8) is 0 Å². The molecule has 1 heterocycles. The van der Waals surface area contributed by atoms with Crippen LogP contribution in [-0.2, 0) is 0 Å². The van der Waals surface area contributed by atoms with Crippen molar-refractivity contribution in [1.82, 2.24) is 4.57 Å². The molecule has 0 bridgehead atoms. The average molecular weight is 717 g/mol. The standard InChI is InChI=1S/C54H40N2/c1-37-14-6-8-21-47(37)48-32-31-46(34-38(48)2)55(52-25-13-16-40-15-7-9-22-49(40)52)45-29-26-39(27-30-45)41-17-12-18-42(35-41)43-28-33-54-51(36-43)50-23-10-11-24-53(50)56(54)44-19-4-3-5-20-44/h3-36H,1-2H3. The van der Waals surface area contributed by atoms with Crippen LogP contribution in [0, 0.1) is 13.8 Å². The fourth-order valence-electron chi connectivity index (χ4n) is 8.48. The lowest BCUT2D eigenvalue weighted by atomic mass is 9.95. The lowest BCUT2D eigenvalue weighted by molar-refractivity contribution is 1.18. The van der Waals surface area contributed by atoms with Gasteiger partial charge in [0, 0.05) is 33.2 Å². The van der Waals surface area contributed by atoms with Gasteiger partial charge in [0.25, 0.3) is 0 Å². The van der Waals surface area contributed by atoms with E-state index in [2.05, 4.69) is 230 Å². The van der Waals surface area contributed by atoms with Crippen LogP contribution in [0.4, 0.5) is 17.1 Å². The van der Waals surface area contributed by atoms with Crippen molar-refractivity contribution in [1.29, 1.82) is 0 Å². The molecule has 0 aliphatic carbocycles. The highest BCUT2D eigenvalue weighted by Gasteiger charge is 2.18. The fourth-order valence-corrected chi connectivity index (χ4v) is 8.48. The SMILES string of the molecule is Cc1ccccc1-c1ccc(N(c2ccc(-c3cccc(-c4ccc5c(c4)c4ccccc4n5-c4ccccc4)c3)cc2)c2cccc3ccccc23)cc1C. The van der Waals surface area contributed by atoms with Gasteiger partial charge in [0.15, 0.2) is 0 Å². The third-order valence-electron chi connectivity index (χ3n) is 11.3. The van der Waals surface area contributed by atoms with Crippen LogP contribution in [0.3, 0.4) is 0 Å². The quantitative estimate of drug-likeness (QED) is 0.159. The lowest BCUT2D eigenvalue weighted by Gasteiger charge is -2.28. The van der Waals surface area contributed by atoms with E-state index in [9.17, 15) is 0 Å². The first-order chi connectivity index (χ1) is 27.6. The highest BCUT2D eigenvalue weighted by Crippen LogP contribution is 2.42. The zero-order chi connectivity index (χ0) is 37.6. The zero-order valence-electron chi connectivity index (χ0n) is 31.5. The van der Waals surface area contributed by atoms with Crippen LogP contribution in [0.5, 0.6) is 0 Å². The molecule has 0 N–H and O–H groups in total. The Hall–Kier alpha value is -7.16.